The zero-order chi connectivity index (χ0) is 18.9. The van der Waals surface area contributed by atoms with Gasteiger partial charge in [0.15, 0.2) is 12.5 Å². The van der Waals surface area contributed by atoms with Crippen LogP contribution in [0.2, 0.25) is 5.02 Å². The molecule has 2 N–H and O–H groups in total. The summed E-state index contributed by atoms with van der Waals surface area (Å²) in [7, 11) is 1.53. The number of likely N-dealkylation sites (N-methyl/N-ethyl adjacent to an activating group) is 1. The summed E-state index contributed by atoms with van der Waals surface area (Å²) in [6.45, 7) is 7.66. The first kappa shape index (κ1) is 19.4. The van der Waals surface area contributed by atoms with E-state index in [0.717, 1.165) is 4.90 Å². The number of amides is 3. The van der Waals surface area contributed by atoms with Crippen LogP contribution in [0, 0.1) is 0 Å². The lowest BCUT2D eigenvalue weighted by Crippen LogP contribution is -2.41. The predicted molar refractivity (Wildman–Crippen MR) is 93.5 cm³/mol. The molecular weight excluding hydrogens is 348 g/mol. The van der Waals surface area contributed by atoms with Crippen molar-refractivity contribution in [3.63, 3.8) is 0 Å². The summed E-state index contributed by atoms with van der Waals surface area (Å²) in [5.74, 6) is -0.224. The van der Waals surface area contributed by atoms with Crippen LogP contribution in [0.4, 0.5) is 10.6 Å². The summed E-state index contributed by atoms with van der Waals surface area (Å²) in [6, 6.07) is 0.906. The van der Waals surface area contributed by atoms with Gasteiger partial charge < -0.3 is 15.2 Å². The molecule has 1 aromatic heterocycles. The first-order chi connectivity index (χ1) is 11.6. The van der Waals surface area contributed by atoms with Crippen molar-refractivity contribution in [2.24, 2.45) is 0 Å². The molecule has 1 aliphatic rings. The van der Waals surface area contributed by atoms with Crippen LogP contribution < -0.4 is 10.2 Å². The molecule has 25 heavy (non-hydrogen) atoms. The van der Waals surface area contributed by atoms with Crippen LogP contribution in [-0.4, -0.2) is 58.6 Å². The van der Waals surface area contributed by atoms with E-state index in [2.05, 4.69) is 10.3 Å². The van der Waals surface area contributed by atoms with Crippen molar-refractivity contribution in [1.29, 1.82) is 0 Å². The Hall–Kier alpha value is -1.90. The van der Waals surface area contributed by atoms with Crippen molar-refractivity contribution in [2.75, 3.05) is 18.6 Å². The first-order valence-electron chi connectivity index (χ1n) is 7.90. The standard InChI is InChI=1S/C16H23ClN4O4/c1-6-25-14-13(23)21(15(24)20(14)5)11-7-10(17)9(8-18-11)12(22)19-16(2,3)4/h7-8,13-14,23H,6H2,1-5H3,(H,19,22). The highest BCUT2D eigenvalue weighted by molar-refractivity contribution is 6.34. The van der Waals surface area contributed by atoms with E-state index >= 15 is 0 Å². The minimum atomic E-state index is -1.23. The van der Waals surface area contributed by atoms with E-state index in [9.17, 15) is 14.7 Å². The SMILES string of the molecule is CCOC1C(O)N(c2cc(Cl)c(C(=O)NC(C)(C)C)cn2)C(=O)N1C. The third kappa shape index (κ3) is 4.02. The molecule has 1 fully saturated rings. The fourth-order valence-electron chi connectivity index (χ4n) is 2.45. The lowest BCUT2D eigenvalue weighted by molar-refractivity contribution is -0.0688. The van der Waals surface area contributed by atoms with Gasteiger partial charge in [0.1, 0.15) is 5.82 Å². The number of carbonyl (C=O) groups is 2. The van der Waals surface area contributed by atoms with Crippen LogP contribution in [0.3, 0.4) is 0 Å². The number of nitrogens with zero attached hydrogens (tertiary/aromatic N) is 3. The lowest BCUT2D eigenvalue weighted by Gasteiger charge is -2.22. The van der Waals surface area contributed by atoms with Gasteiger partial charge in [-0.25, -0.2) is 14.7 Å². The molecule has 2 unspecified atom stereocenters. The topological polar surface area (TPSA) is 95.0 Å². The molecule has 8 nitrogen and oxygen atoms in total. The van der Waals surface area contributed by atoms with E-state index in [-0.39, 0.29) is 22.3 Å². The highest BCUT2D eigenvalue weighted by atomic mass is 35.5. The zero-order valence-electron chi connectivity index (χ0n) is 14.9. The van der Waals surface area contributed by atoms with Crippen molar-refractivity contribution in [3.05, 3.63) is 22.8 Å². The van der Waals surface area contributed by atoms with Crippen molar-refractivity contribution < 1.29 is 19.4 Å². The van der Waals surface area contributed by atoms with E-state index in [0.29, 0.717) is 6.61 Å². The second-order valence-electron chi connectivity index (χ2n) is 6.75. The van der Waals surface area contributed by atoms with Crippen LogP contribution in [0.25, 0.3) is 0 Å². The molecule has 2 atom stereocenters. The number of aromatic nitrogens is 1. The Bertz CT molecular complexity index is 677. The average molecular weight is 371 g/mol. The van der Waals surface area contributed by atoms with Crippen molar-refractivity contribution in [1.82, 2.24) is 15.2 Å². The minimum Gasteiger partial charge on any atom is -0.369 e. The van der Waals surface area contributed by atoms with Gasteiger partial charge in [0.05, 0.1) is 10.6 Å². The summed E-state index contributed by atoms with van der Waals surface area (Å²) < 4.78 is 5.39. The molecule has 0 radical (unpaired) electrons. The molecule has 3 amide bonds. The molecule has 138 valence electrons. The van der Waals surface area contributed by atoms with Crippen LogP contribution in [0.5, 0.6) is 0 Å². The number of carbonyl (C=O) groups excluding carboxylic acids is 2. The number of rotatable bonds is 4. The molecule has 1 aromatic rings. The van der Waals surface area contributed by atoms with Crippen molar-refractivity contribution >= 4 is 29.4 Å². The fourth-order valence-corrected chi connectivity index (χ4v) is 2.68. The molecule has 2 heterocycles. The highest BCUT2D eigenvalue weighted by Crippen LogP contribution is 2.29. The molecule has 0 spiro atoms. The number of aliphatic hydroxyl groups is 1. The normalized spacial score (nSPS) is 21.0. The quantitative estimate of drug-likeness (QED) is 0.842. The predicted octanol–water partition coefficient (Wildman–Crippen LogP) is 1.82. The summed E-state index contributed by atoms with van der Waals surface area (Å²) >= 11 is 6.20. The summed E-state index contributed by atoms with van der Waals surface area (Å²) in [6.07, 6.45) is -0.746. The Morgan fingerprint density at radius 2 is 2.12 bits per heavy atom. The first-order valence-corrected chi connectivity index (χ1v) is 8.28. The smallest absolute Gasteiger partial charge is 0.329 e. The monoisotopic (exact) mass is 370 g/mol. The van der Waals surface area contributed by atoms with E-state index in [1.165, 1.54) is 24.2 Å². The summed E-state index contributed by atoms with van der Waals surface area (Å²) in [5, 5.41) is 13.3. The van der Waals surface area contributed by atoms with Gasteiger partial charge in [0, 0.05) is 31.5 Å². The summed E-state index contributed by atoms with van der Waals surface area (Å²) in [5.41, 5.74) is -0.232. The second kappa shape index (κ2) is 7.15. The van der Waals surface area contributed by atoms with Gasteiger partial charge >= 0.3 is 6.03 Å². The maximum absolute atomic E-state index is 12.4. The number of anilines is 1. The van der Waals surface area contributed by atoms with Crippen molar-refractivity contribution in [2.45, 2.75) is 45.7 Å². The van der Waals surface area contributed by atoms with Gasteiger partial charge in [-0.15, -0.1) is 0 Å². The number of aliphatic hydroxyl groups excluding tert-OH is 1. The van der Waals surface area contributed by atoms with Crippen LogP contribution >= 0.6 is 11.6 Å². The average Bonchev–Trinajstić information content (AvgIpc) is 2.69. The maximum atomic E-state index is 12.4. The molecule has 9 heteroatoms. The van der Waals surface area contributed by atoms with Gasteiger partial charge in [-0.05, 0) is 27.7 Å². The Kier molecular flexibility index (Phi) is 5.55. The molecule has 0 aliphatic carbocycles. The third-order valence-corrected chi connectivity index (χ3v) is 3.88. The molecule has 2 rings (SSSR count). The highest BCUT2D eigenvalue weighted by Gasteiger charge is 2.45. The van der Waals surface area contributed by atoms with Crippen LogP contribution in [-0.2, 0) is 4.74 Å². The van der Waals surface area contributed by atoms with E-state index in [4.69, 9.17) is 16.3 Å². The number of pyridine rings is 1. The number of hydrogen-bond acceptors (Lipinski definition) is 5. The molecule has 1 saturated heterocycles. The largest absolute Gasteiger partial charge is 0.369 e. The van der Waals surface area contributed by atoms with E-state index in [1.807, 2.05) is 20.8 Å². The Morgan fingerprint density at radius 3 is 2.64 bits per heavy atom. The molecule has 0 bridgehead atoms. The zero-order valence-corrected chi connectivity index (χ0v) is 15.7. The van der Waals surface area contributed by atoms with Crippen LogP contribution in [0.1, 0.15) is 38.1 Å². The molecule has 0 aromatic carbocycles. The lowest BCUT2D eigenvalue weighted by atomic mass is 10.1. The van der Waals surface area contributed by atoms with E-state index in [1.54, 1.807) is 6.92 Å². The van der Waals surface area contributed by atoms with Gasteiger partial charge in [-0.1, -0.05) is 11.6 Å². The third-order valence-electron chi connectivity index (χ3n) is 3.57. The Labute approximate surface area is 151 Å². The molecular formula is C16H23ClN4O4. The number of hydrogen-bond donors (Lipinski definition) is 2. The van der Waals surface area contributed by atoms with Gasteiger partial charge in [0.25, 0.3) is 5.91 Å². The van der Waals surface area contributed by atoms with Crippen LogP contribution in [0.15, 0.2) is 12.3 Å². The van der Waals surface area contributed by atoms with Gasteiger partial charge in [-0.3, -0.25) is 9.69 Å². The fraction of sp³-hybridized carbons (Fsp3) is 0.562. The molecule has 0 saturated carbocycles. The second-order valence-corrected chi connectivity index (χ2v) is 7.16. The minimum absolute atomic E-state index is 0.134. The Morgan fingerprint density at radius 1 is 1.48 bits per heavy atom. The Balaban J connectivity index is 2.28. The number of nitrogens with one attached hydrogen (secondary N) is 1. The van der Waals surface area contributed by atoms with Gasteiger partial charge in [-0.2, -0.15) is 0 Å². The molecule has 1 aliphatic heterocycles. The number of halogens is 1. The maximum Gasteiger partial charge on any atom is 0.329 e. The number of ether oxygens (including phenoxy) is 1. The summed E-state index contributed by atoms with van der Waals surface area (Å²) in [4.78, 5) is 31.1. The van der Waals surface area contributed by atoms with Gasteiger partial charge in [0.2, 0.25) is 0 Å². The van der Waals surface area contributed by atoms with Crippen molar-refractivity contribution in [3.8, 4) is 0 Å². The number of urea groups is 1. The van der Waals surface area contributed by atoms with E-state index < -0.39 is 24.0 Å².